The zero-order chi connectivity index (χ0) is 14.8. The van der Waals surface area contributed by atoms with Gasteiger partial charge in [-0.3, -0.25) is 9.69 Å². The zero-order valence-electron chi connectivity index (χ0n) is 12.9. The first-order valence-electron chi connectivity index (χ1n) is 6.80. The van der Waals surface area contributed by atoms with Gasteiger partial charge in [-0.2, -0.15) is 0 Å². The first kappa shape index (κ1) is 15.8. The number of ether oxygens (including phenoxy) is 1. The van der Waals surface area contributed by atoms with Crippen molar-refractivity contribution >= 4 is 12.0 Å². The predicted molar refractivity (Wildman–Crippen MR) is 73.8 cm³/mol. The van der Waals surface area contributed by atoms with Crippen LogP contribution in [0.2, 0.25) is 0 Å². The second-order valence-corrected chi connectivity index (χ2v) is 6.91. The van der Waals surface area contributed by atoms with Gasteiger partial charge in [0.05, 0.1) is 0 Å². The van der Waals surface area contributed by atoms with Gasteiger partial charge in [0.15, 0.2) is 0 Å². The van der Waals surface area contributed by atoms with Crippen molar-refractivity contribution in [1.82, 2.24) is 9.80 Å². The monoisotopic (exact) mass is 270 g/mol. The number of carbonyl (C=O) groups is 2. The summed E-state index contributed by atoms with van der Waals surface area (Å²) in [5, 5.41) is 0. The molecule has 1 fully saturated rings. The Kier molecular flexibility index (Phi) is 4.48. The average molecular weight is 270 g/mol. The fourth-order valence-corrected chi connectivity index (χ4v) is 2.23. The highest BCUT2D eigenvalue weighted by Gasteiger charge is 2.35. The lowest BCUT2D eigenvalue weighted by molar-refractivity contribution is -0.131. The van der Waals surface area contributed by atoms with Crippen LogP contribution in [0.1, 0.15) is 41.5 Å². The van der Waals surface area contributed by atoms with Gasteiger partial charge in [-0.05, 0) is 27.7 Å². The van der Waals surface area contributed by atoms with Crippen molar-refractivity contribution in [2.45, 2.75) is 47.1 Å². The van der Waals surface area contributed by atoms with E-state index in [1.54, 1.807) is 4.90 Å². The highest BCUT2D eigenvalue weighted by molar-refractivity contribution is 5.83. The molecule has 0 radical (unpaired) electrons. The minimum Gasteiger partial charge on any atom is -0.444 e. The van der Waals surface area contributed by atoms with E-state index in [4.69, 9.17) is 4.74 Å². The Morgan fingerprint density at radius 1 is 1.32 bits per heavy atom. The van der Waals surface area contributed by atoms with Gasteiger partial charge in [0.25, 0.3) is 0 Å². The molecule has 0 spiro atoms. The van der Waals surface area contributed by atoms with Crippen LogP contribution in [0.5, 0.6) is 0 Å². The number of hydrogen-bond acceptors (Lipinski definition) is 3. The lowest BCUT2D eigenvalue weighted by Crippen LogP contribution is -2.42. The third-order valence-electron chi connectivity index (χ3n) is 2.95. The number of carbonyl (C=O) groups excluding carboxylic acids is 2. The van der Waals surface area contributed by atoms with Gasteiger partial charge >= 0.3 is 6.09 Å². The second kappa shape index (κ2) is 5.39. The summed E-state index contributed by atoms with van der Waals surface area (Å²) in [5.41, 5.74) is -0.667. The van der Waals surface area contributed by atoms with E-state index in [-0.39, 0.29) is 17.9 Å². The van der Waals surface area contributed by atoms with Crippen LogP contribution in [0.4, 0.5) is 4.79 Å². The van der Waals surface area contributed by atoms with E-state index in [0.29, 0.717) is 19.6 Å². The Labute approximate surface area is 115 Å². The van der Waals surface area contributed by atoms with Gasteiger partial charge < -0.3 is 9.64 Å². The van der Waals surface area contributed by atoms with E-state index < -0.39 is 11.7 Å². The molecule has 1 saturated heterocycles. The van der Waals surface area contributed by atoms with E-state index in [1.807, 2.05) is 27.7 Å². The third-order valence-corrected chi connectivity index (χ3v) is 2.95. The molecule has 0 aliphatic carbocycles. The molecule has 1 aliphatic rings. The molecule has 1 aliphatic heterocycles. The minimum atomic E-state index is -0.541. The molecule has 5 nitrogen and oxygen atoms in total. The molecule has 1 heterocycles. The summed E-state index contributed by atoms with van der Waals surface area (Å²) >= 11 is 0. The van der Waals surface area contributed by atoms with Gasteiger partial charge in [-0.25, -0.2) is 4.79 Å². The van der Waals surface area contributed by atoms with Crippen LogP contribution < -0.4 is 0 Å². The first-order chi connectivity index (χ1) is 8.54. The maximum Gasteiger partial charge on any atom is 0.410 e. The van der Waals surface area contributed by atoms with Gasteiger partial charge in [0, 0.05) is 25.0 Å². The lowest BCUT2D eigenvalue weighted by Gasteiger charge is -2.31. The van der Waals surface area contributed by atoms with Crippen LogP contribution in [0.15, 0.2) is 0 Å². The summed E-state index contributed by atoms with van der Waals surface area (Å²) in [6.07, 6.45) is -0.410. The number of hydrogen-bond donors (Lipinski definition) is 0. The average Bonchev–Trinajstić information content (AvgIpc) is 2.32. The fraction of sp³-hybridized carbons (Fsp3) is 0.857. The molecule has 19 heavy (non-hydrogen) atoms. The smallest absolute Gasteiger partial charge is 0.410 e. The molecular formula is C14H26N2O3. The van der Waals surface area contributed by atoms with Crippen molar-refractivity contribution in [3.05, 3.63) is 0 Å². The van der Waals surface area contributed by atoms with Gasteiger partial charge in [0.1, 0.15) is 12.1 Å². The number of nitrogens with zero attached hydrogens (tertiary/aromatic N) is 2. The Morgan fingerprint density at radius 3 is 2.37 bits per heavy atom. The van der Waals surface area contributed by atoms with Crippen LogP contribution >= 0.6 is 0 Å². The third kappa shape index (κ3) is 4.73. The Balaban J connectivity index is 2.84. The summed E-state index contributed by atoms with van der Waals surface area (Å²) in [6, 6.07) is 0. The Hall–Kier alpha value is -1.26. The number of rotatable bonds is 1. The molecule has 0 atom stereocenters. The molecule has 0 saturated carbocycles. The molecule has 1 rings (SSSR count). The zero-order valence-corrected chi connectivity index (χ0v) is 12.9. The normalized spacial score (nSPS) is 20.2. The predicted octanol–water partition coefficient (Wildman–Crippen LogP) is 2.11. The summed E-state index contributed by atoms with van der Waals surface area (Å²) in [6.45, 7) is 13.5. The second-order valence-electron chi connectivity index (χ2n) is 6.91. The van der Waals surface area contributed by atoms with Crippen molar-refractivity contribution in [2.75, 3.05) is 26.2 Å². The molecule has 0 aromatic heterocycles. The molecule has 2 amide bonds. The topological polar surface area (TPSA) is 49.9 Å². The van der Waals surface area contributed by atoms with E-state index in [0.717, 1.165) is 0 Å². The molecule has 5 heteroatoms. The van der Waals surface area contributed by atoms with E-state index in [2.05, 4.69) is 13.8 Å². The Morgan fingerprint density at radius 2 is 1.89 bits per heavy atom. The van der Waals surface area contributed by atoms with Crippen molar-refractivity contribution in [3.63, 3.8) is 0 Å². The lowest BCUT2D eigenvalue weighted by atomic mass is 9.93. The Bertz CT molecular complexity index is 358. The number of amides is 2. The summed E-state index contributed by atoms with van der Waals surface area (Å²) in [7, 11) is 0. The molecule has 0 aromatic carbocycles. The highest BCUT2D eigenvalue weighted by Crippen LogP contribution is 2.23. The molecule has 0 N–H and O–H groups in total. The van der Waals surface area contributed by atoms with Crippen LogP contribution in [-0.4, -0.2) is 53.6 Å². The minimum absolute atomic E-state index is 0.0149. The van der Waals surface area contributed by atoms with E-state index >= 15 is 0 Å². The van der Waals surface area contributed by atoms with E-state index in [9.17, 15) is 9.59 Å². The van der Waals surface area contributed by atoms with Crippen LogP contribution in [0.25, 0.3) is 0 Å². The summed E-state index contributed by atoms with van der Waals surface area (Å²) in [5.74, 6) is -0.0149. The fourth-order valence-electron chi connectivity index (χ4n) is 2.23. The van der Waals surface area contributed by atoms with Crippen molar-refractivity contribution in [1.29, 1.82) is 0 Å². The van der Waals surface area contributed by atoms with Crippen LogP contribution in [0, 0.1) is 5.41 Å². The first-order valence-corrected chi connectivity index (χ1v) is 6.80. The van der Waals surface area contributed by atoms with Crippen LogP contribution in [0.3, 0.4) is 0 Å². The molecule has 110 valence electrons. The molecule has 0 unspecified atom stereocenters. The van der Waals surface area contributed by atoms with Crippen molar-refractivity contribution < 1.29 is 14.3 Å². The quantitative estimate of drug-likeness (QED) is 0.733. The van der Waals surface area contributed by atoms with Gasteiger partial charge in [0.2, 0.25) is 5.91 Å². The van der Waals surface area contributed by atoms with Crippen molar-refractivity contribution in [3.8, 4) is 0 Å². The summed E-state index contributed by atoms with van der Waals surface area (Å²) in [4.78, 5) is 27.5. The van der Waals surface area contributed by atoms with Gasteiger partial charge in [-0.15, -0.1) is 0 Å². The summed E-state index contributed by atoms with van der Waals surface area (Å²) < 4.78 is 5.36. The van der Waals surface area contributed by atoms with Crippen LogP contribution in [-0.2, 0) is 9.53 Å². The maximum atomic E-state index is 12.1. The van der Waals surface area contributed by atoms with Gasteiger partial charge in [-0.1, -0.05) is 13.8 Å². The standard InChI is InChI=1S/C14H26N2O3/c1-7-15-9-14(5,6)10-16(8-11(15)17)12(18)19-13(2,3)4/h7-10H2,1-6H3. The SMILES string of the molecule is CCN1CC(C)(C)CN(C(=O)OC(C)(C)C)CC1=O. The molecule has 0 bridgehead atoms. The largest absolute Gasteiger partial charge is 0.444 e. The maximum absolute atomic E-state index is 12.1. The van der Waals surface area contributed by atoms with Crippen molar-refractivity contribution in [2.24, 2.45) is 5.41 Å². The molecular weight excluding hydrogens is 244 g/mol. The highest BCUT2D eigenvalue weighted by atomic mass is 16.6. The number of likely N-dealkylation sites (N-methyl/N-ethyl adjacent to an activating group) is 1. The van der Waals surface area contributed by atoms with E-state index in [1.165, 1.54) is 4.90 Å². The molecule has 0 aromatic rings.